The zero-order chi connectivity index (χ0) is 20.6. The molecular formula is C20H24F3N5O. The summed E-state index contributed by atoms with van der Waals surface area (Å²) in [5.74, 6) is 0.221. The van der Waals surface area contributed by atoms with Crippen molar-refractivity contribution in [3.05, 3.63) is 41.9 Å². The van der Waals surface area contributed by atoms with E-state index in [4.69, 9.17) is 0 Å². The molecule has 1 saturated heterocycles. The van der Waals surface area contributed by atoms with Crippen LogP contribution in [0.1, 0.15) is 60.6 Å². The van der Waals surface area contributed by atoms with Crippen molar-refractivity contribution in [2.45, 2.75) is 56.8 Å². The highest BCUT2D eigenvalue weighted by atomic mass is 19.4. The van der Waals surface area contributed by atoms with Gasteiger partial charge >= 0.3 is 6.18 Å². The molecule has 1 amide bonds. The molecule has 1 fully saturated rings. The molecule has 156 valence electrons. The zero-order valence-corrected chi connectivity index (χ0v) is 16.2. The summed E-state index contributed by atoms with van der Waals surface area (Å²) in [6.07, 6.45) is 0.966. The molecule has 4 rings (SSSR count). The van der Waals surface area contributed by atoms with Crippen LogP contribution in [0.2, 0.25) is 0 Å². The number of halogens is 3. The molecule has 9 heteroatoms. The SMILES string of the molecule is CC[C@@H]1C[C@H](C(F)(F)F)n2nc(C3CCCN(C(=O)c4cccnc4)C3)cc2N1. The number of hydrogen-bond acceptors (Lipinski definition) is 4. The van der Waals surface area contributed by atoms with Crippen molar-refractivity contribution in [2.75, 3.05) is 18.4 Å². The lowest BCUT2D eigenvalue weighted by atomic mass is 9.94. The van der Waals surface area contributed by atoms with Gasteiger partial charge in [0.2, 0.25) is 0 Å². The predicted molar refractivity (Wildman–Crippen MR) is 102 cm³/mol. The Morgan fingerprint density at radius 1 is 1.38 bits per heavy atom. The van der Waals surface area contributed by atoms with Crippen molar-refractivity contribution in [2.24, 2.45) is 0 Å². The highest BCUT2D eigenvalue weighted by molar-refractivity contribution is 5.94. The Labute approximate surface area is 167 Å². The standard InChI is InChI=1S/C20H24F3N5O/c1-2-15-9-17(20(21,22)23)28-18(25-15)10-16(26-28)14-6-4-8-27(12-14)19(29)13-5-3-7-24-11-13/h3,5,7,10-11,14-15,17,25H,2,4,6,8-9,12H2,1H3/t14?,15-,17-/m1/s1. The van der Waals surface area contributed by atoms with E-state index in [1.807, 2.05) is 6.92 Å². The summed E-state index contributed by atoms with van der Waals surface area (Å²) in [5, 5.41) is 7.52. The molecule has 0 aromatic carbocycles. The molecule has 29 heavy (non-hydrogen) atoms. The Kier molecular flexibility index (Phi) is 5.23. The zero-order valence-electron chi connectivity index (χ0n) is 16.2. The number of fused-ring (bicyclic) bond motifs is 1. The number of rotatable bonds is 3. The quantitative estimate of drug-likeness (QED) is 0.836. The van der Waals surface area contributed by atoms with Crippen LogP contribution in [0.15, 0.2) is 30.6 Å². The van der Waals surface area contributed by atoms with E-state index in [2.05, 4.69) is 15.4 Å². The summed E-state index contributed by atoms with van der Waals surface area (Å²) in [7, 11) is 0. The maximum Gasteiger partial charge on any atom is 0.410 e. The monoisotopic (exact) mass is 407 g/mol. The van der Waals surface area contributed by atoms with E-state index in [0.717, 1.165) is 17.5 Å². The minimum absolute atomic E-state index is 0.0234. The smallest absolute Gasteiger partial charge is 0.367 e. The van der Waals surface area contributed by atoms with Gasteiger partial charge in [0.05, 0.1) is 11.3 Å². The number of anilines is 1. The van der Waals surface area contributed by atoms with Gasteiger partial charge in [-0.05, 0) is 37.8 Å². The second kappa shape index (κ2) is 7.68. The third kappa shape index (κ3) is 3.95. The molecule has 2 aliphatic rings. The van der Waals surface area contributed by atoms with Gasteiger partial charge in [0, 0.05) is 43.5 Å². The normalized spacial score (nSPS) is 24.7. The van der Waals surface area contributed by atoms with Crippen molar-refractivity contribution in [1.82, 2.24) is 19.7 Å². The van der Waals surface area contributed by atoms with Gasteiger partial charge in [-0.25, -0.2) is 4.68 Å². The van der Waals surface area contributed by atoms with Crippen molar-refractivity contribution in [3.8, 4) is 0 Å². The lowest BCUT2D eigenvalue weighted by Crippen LogP contribution is -2.39. The Morgan fingerprint density at radius 3 is 2.90 bits per heavy atom. The maximum absolute atomic E-state index is 13.6. The number of piperidine rings is 1. The minimum atomic E-state index is -4.34. The average molecular weight is 407 g/mol. The first kappa shape index (κ1) is 19.7. The second-order valence-electron chi connectivity index (χ2n) is 7.77. The predicted octanol–water partition coefficient (Wildman–Crippen LogP) is 4.00. The number of amides is 1. The average Bonchev–Trinajstić information content (AvgIpc) is 3.16. The minimum Gasteiger partial charge on any atom is -0.367 e. The van der Waals surface area contributed by atoms with E-state index in [0.29, 0.717) is 36.6 Å². The molecular weight excluding hydrogens is 383 g/mol. The van der Waals surface area contributed by atoms with E-state index in [1.165, 1.54) is 6.20 Å². The number of carbonyl (C=O) groups is 1. The van der Waals surface area contributed by atoms with Gasteiger partial charge in [0.15, 0.2) is 6.04 Å². The van der Waals surface area contributed by atoms with E-state index in [1.54, 1.807) is 29.3 Å². The number of carbonyl (C=O) groups excluding carboxylic acids is 1. The van der Waals surface area contributed by atoms with E-state index >= 15 is 0 Å². The van der Waals surface area contributed by atoms with Crippen molar-refractivity contribution < 1.29 is 18.0 Å². The van der Waals surface area contributed by atoms with Crippen molar-refractivity contribution in [1.29, 1.82) is 0 Å². The molecule has 4 heterocycles. The van der Waals surface area contributed by atoms with Crippen molar-refractivity contribution in [3.63, 3.8) is 0 Å². The third-order valence-corrected chi connectivity index (χ3v) is 5.82. The summed E-state index contributed by atoms with van der Waals surface area (Å²) >= 11 is 0. The van der Waals surface area contributed by atoms with Crippen LogP contribution in [0.5, 0.6) is 0 Å². The summed E-state index contributed by atoms with van der Waals surface area (Å²) in [4.78, 5) is 18.5. The number of pyridine rings is 1. The van der Waals surface area contributed by atoms with Crippen LogP contribution in [-0.4, -0.2) is 50.9 Å². The Balaban J connectivity index is 1.56. The van der Waals surface area contributed by atoms with E-state index in [9.17, 15) is 18.0 Å². The molecule has 0 saturated carbocycles. The molecule has 0 radical (unpaired) electrons. The largest absolute Gasteiger partial charge is 0.410 e. The van der Waals surface area contributed by atoms with Gasteiger partial charge in [-0.15, -0.1) is 0 Å². The van der Waals surface area contributed by atoms with Crippen LogP contribution in [0, 0.1) is 0 Å². The second-order valence-corrected chi connectivity index (χ2v) is 7.77. The molecule has 6 nitrogen and oxygen atoms in total. The van der Waals surface area contributed by atoms with Gasteiger partial charge in [-0.1, -0.05) is 6.92 Å². The van der Waals surface area contributed by atoms with Gasteiger partial charge in [-0.2, -0.15) is 18.3 Å². The first-order valence-corrected chi connectivity index (χ1v) is 9.98. The number of aromatic nitrogens is 3. The molecule has 3 atom stereocenters. The van der Waals surface area contributed by atoms with Gasteiger partial charge in [-0.3, -0.25) is 9.78 Å². The van der Waals surface area contributed by atoms with Crippen molar-refractivity contribution >= 4 is 11.7 Å². The van der Waals surface area contributed by atoms with Gasteiger partial charge < -0.3 is 10.2 Å². The van der Waals surface area contributed by atoms with Crippen LogP contribution in [-0.2, 0) is 0 Å². The van der Waals surface area contributed by atoms with Gasteiger partial charge in [0.1, 0.15) is 5.82 Å². The van der Waals surface area contributed by atoms with E-state index in [-0.39, 0.29) is 24.3 Å². The summed E-state index contributed by atoms with van der Waals surface area (Å²) in [6.45, 7) is 2.94. The lowest BCUT2D eigenvalue weighted by molar-refractivity contribution is -0.173. The Hall–Kier alpha value is -2.58. The number of likely N-dealkylation sites (tertiary alicyclic amines) is 1. The first-order chi connectivity index (χ1) is 13.9. The molecule has 2 aromatic rings. The van der Waals surface area contributed by atoms with Crippen LogP contribution < -0.4 is 5.32 Å². The van der Waals surface area contributed by atoms with Crippen LogP contribution in [0.4, 0.5) is 19.0 Å². The third-order valence-electron chi connectivity index (χ3n) is 5.82. The molecule has 1 N–H and O–H groups in total. The van der Waals surface area contributed by atoms with Crippen LogP contribution >= 0.6 is 0 Å². The lowest BCUT2D eigenvalue weighted by Gasteiger charge is -2.33. The molecule has 2 aromatic heterocycles. The molecule has 0 spiro atoms. The maximum atomic E-state index is 13.6. The van der Waals surface area contributed by atoms with Crippen LogP contribution in [0.25, 0.3) is 0 Å². The molecule has 1 unspecified atom stereocenters. The topological polar surface area (TPSA) is 63.1 Å². The Bertz CT molecular complexity index is 867. The highest BCUT2D eigenvalue weighted by Gasteiger charge is 2.46. The summed E-state index contributed by atoms with van der Waals surface area (Å²) in [5.41, 5.74) is 1.13. The van der Waals surface area contributed by atoms with Gasteiger partial charge in [0.25, 0.3) is 5.91 Å². The fraction of sp³-hybridized carbons (Fsp3) is 0.550. The van der Waals surface area contributed by atoms with E-state index < -0.39 is 12.2 Å². The summed E-state index contributed by atoms with van der Waals surface area (Å²) in [6, 6.07) is 3.31. The number of alkyl halides is 3. The Morgan fingerprint density at radius 2 is 2.21 bits per heavy atom. The molecule has 0 aliphatic carbocycles. The number of nitrogens with one attached hydrogen (secondary N) is 1. The number of nitrogens with zero attached hydrogens (tertiary/aromatic N) is 4. The first-order valence-electron chi connectivity index (χ1n) is 9.98. The fourth-order valence-corrected chi connectivity index (χ4v) is 4.21. The highest BCUT2D eigenvalue weighted by Crippen LogP contribution is 2.41. The van der Waals surface area contributed by atoms with Crippen LogP contribution in [0.3, 0.4) is 0 Å². The fourth-order valence-electron chi connectivity index (χ4n) is 4.21. The molecule has 2 aliphatic heterocycles. The number of hydrogen-bond donors (Lipinski definition) is 1. The summed E-state index contributed by atoms with van der Waals surface area (Å²) < 4.78 is 41.9. The molecule has 0 bridgehead atoms.